The molecule has 3 amide bonds. The van der Waals surface area contributed by atoms with Gasteiger partial charge < -0.3 is 10.6 Å². The Kier molecular flexibility index (Phi) is 5.18. The van der Waals surface area contributed by atoms with Crippen molar-refractivity contribution in [1.82, 2.24) is 20.4 Å². The number of halogens is 1. The predicted octanol–water partition coefficient (Wildman–Crippen LogP) is 0.0323. The van der Waals surface area contributed by atoms with Crippen molar-refractivity contribution in [1.29, 1.82) is 0 Å². The van der Waals surface area contributed by atoms with Crippen molar-refractivity contribution >= 4 is 24.3 Å². The van der Waals surface area contributed by atoms with Gasteiger partial charge in [-0.2, -0.15) is 0 Å². The van der Waals surface area contributed by atoms with Crippen molar-refractivity contribution in [3.8, 4) is 0 Å². The largest absolute Gasteiger partial charge is 0.325 e. The zero-order chi connectivity index (χ0) is 13.3. The van der Waals surface area contributed by atoms with Crippen molar-refractivity contribution in [3.05, 3.63) is 0 Å². The van der Waals surface area contributed by atoms with E-state index >= 15 is 0 Å². The van der Waals surface area contributed by atoms with Crippen LogP contribution in [-0.4, -0.2) is 66.0 Å². The lowest BCUT2D eigenvalue weighted by Gasteiger charge is -2.32. The van der Waals surface area contributed by atoms with E-state index in [9.17, 15) is 9.59 Å². The summed E-state index contributed by atoms with van der Waals surface area (Å²) in [6.07, 6.45) is 0. The van der Waals surface area contributed by atoms with Gasteiger partial charge in [0.15, 0.2) is 0 Å². The number of hydrogen-bond donors (Lipinski definition) is 2. The number of piperazine rings is 1. The number of imide groups is 1. The maximum atomic E-state index is 12.0. The number of nitrogens with one attached hydrogen (secondary N) is 2. The van der Waals surface area contributed by atoms with E-state index in [0.29, 0.717) is 12.6 Å². The van der Waals surface area contributed by atoms with Gasteiger partial charge in [0.1, 0.15) is 5.54 Å². The van der Waals surface area contributed by atoms with Crippen molar-refractivity contribution < 1.29 is 9.59 Å². The Labute approximate surface area is 120 Å². The van der Waals surface area contributed by atoms with E-state index in [4.69, 9.17) is 0 Å². The van der Waals surface area contributed by atoms with Gasteiger partial charge in [-0.3, -0.25) is 14.6 Å². The molecule has 2 rings (SSSR count). The van der Waals surface area contributed by atoms with Crippen LogP contribution in [0.4, 0.5) is 4.79 Å². The van der Waals surface area contributed by atoms with Crippen LogP contribution in [0.3, 0.4) is 0 Å². The summed E-state index contributed by atoms with van der Waals surface area (Å²) in [6.45, 7) is 9.74. The summed E-state index contributed by atoms with van der Waals surface area (Å²) in [4.78, 5) is 27.3. The first kappa shape index (κ1) is 16.2. The topological polar surface area (TPSA) is 64.7 Å². The molecule has 19 heavy (non-hydrogen) atoms. The standard InChI is InChI=1S/C12H22N4O2.ClH/c1-9-8-15(5-4-13-9)6-7-16-10(17)12(2,3)14-11(16)18;/h9,13H,4-8H2,1-3H3,(H,14,18);1H. The molecule has 0 radical (unpaired) electrons. The lowest BCUT2D eigenvalue weighted by atomic mass is 10.1. The molecule has 2 N–H and O–H groups in total. The molecule has 0 aromatic rings. The maximum absolute atomic E-state index is 12.0. The van der Waals surface area contributed by atoms with Crippen molar-refractivity contribution in [3.63, 3.8) is 0 Å². The number of hydrogen-bond acceptors (Lipinski definition) is 4. The normalized spacial score (nSPS) is 27.1. The van der Waals surface area contributed by atoms with Gasteiger partial charge in [-0.15, -0.1) is 12.4 Å². The zero-order valence-electron chi connectivity index (χ0n) is 11.7. The molecule has 2 aliphatic heterocycles. The van der Waals surface area contributed by atoms with Crippen molar-refractivity contribution in [2.45, 2.75) is 32.4 Å². The highest BCUT2D eigenvalue weighted by Gasteiger charge is 2.43. The minimum Gasteiger partial charge on any atom is -0.324 e. The van der Waals surface area contributed by atoms with Crippen molar-refractivity contribution in [2.75, 3.05) is 32.7 Å². The molecule has 2 saturated heterocycles. The number of rotatable bonds is 3. The van der Waals surface area contributed by atoms with Gasteiger partial charge >= 0.3 is 6.03 Å². The van der Waals surface area contributed by atoms with Crippen LogP contribution < -0.4 is 10.6 Å². The summed E-state index contributed by atoms with van der Waals surface area (Å²) in [7, 11) is 0. The highest BCUT2D eigenvalue weighted by atomic mass is 35.5. The molecule has 6 nitrogen and oxygen atoms in total. The van der Waals surface area contributed by atoms with Crippen LogP contribution in [-0.2, 0) is 4.79 Å². The van der Waals surface area contributed by atoms with Gasteiger partial charge in [0.25, 0.3) is 5.91 Å². The number of carbonyl (C=O) groups excluding carboxylic acids is 2. The van der Waals surface area contributed by atoms with E-state index in [2.05, 4.69) is 22.5 Å². The van der Waals surface area contributed by atoms with Crippen LogP contribution in [0, 0.1) is 0 Å². The third-order valence-corrected chi connectivity index (χ3v) is 3.54. The predicted molar refractivity (Wildman–Crippen MR) is 75.5 cm³/mol. The molecule has 0 spiro atoms. The van der Waals surface area contributed by atoms with Crippen LogP contribution in [0.25, 0.3) is 0 Å². The van der Waals surface area contributed by atoms with E-state index in [1.54, 1.807) is 13.8 Å². The Morgan fingerprint density at radius 3 is 2.53 bits per heavy atom. The molecule has 0 aliphatic carbocycles. The Morgan fingerprint density at radius 1 is 1.32 bits per heavy atom. The smallest absolute Gasteiger partial charge is 0.324 e. The van der Waals surface area contributed by atoms with Crippen molar-refractivity contribution in [2.24, 2.45) is 0 Å². The monoisotopic (exact) mass is 290 g/mol. The molecule has 1 unspecified atom stereocenters. The first-order valence-electron chi connectivity index (χ1n) is 6.50. The summed E-state index contributed by atoms with van der Waals surface area (Å²) in [5.74, 6) is -0.129. The summed E-state index contributed by atoms with van der Waals surface area (Å²) >= 11 is 0. The van der Waals surface area contributed by atoms with Gasteiger partial charge in [-0.1, -0.05) is 0 Å². The minimum absolute atomic E-state index is 0. The Morgan fingerprint density at radius 2 is 2.00 bits per heavy atom. The quantitative estimate of drug-likeness (QED) is 0.720. The third-order valence-electron chi connectivity index (χ3n) is 3.54. The van der Waals surface area contributed by atoms with Crippen LogP contribution >= 0.6 is 12.4 Å². The van der Waals surface area contributed by atoms with Crippen LogP contribution in [0.1, 0.15) is 20.8 Å². The summed E-state index contributed by atoms with van der Waals surface area (Å²) in [5, 5.41) is 6.07. The number of carbonyl (C=O) groups is 2. The average Bonchev–Trinajstić information content (AvgIpc) is 2.46. The number of amides is 3. The molecule has 7 heteroatoms. The fourth-order valence-electron chi connectivity index (χ4n) is 2.48. The third kappa shape index (κ3) is 3.58. The Hall–Kier alpha value is -0.850. The minimum atomic E-state index is -0.756. The molecule has 1 atom stereocenters. The van der Waals surface area contributed by atoms with E-state index < -0.39 is 5.54 Å². The van der Waals surface area contributed by atoms with Gasteiger partial charge in [-0.05, 0) is 20.8 Å². The highest BCUT2D eigenvalue weighted by molar-refractivity contribution is 6.06. The van der Waals surface area contributed by atoms with E-state index in [-0.39, 0.29) is 24.3 Å². The molecular weight excluding hydrogens is 268 g/mol. The molecule has 0 bridgehead atoms. The van der Waals surface area contributed by atoms with Gasteiger partial charge in [0.2, 0.25) is 0 Å². The molecule has 0 aromatic heterocycles. The van der Waals surface area contributed by atoms with Crippen LogP contribution in [0.2, 0.25) is 0 Å². The number of nitrogens with zero attached hydrogens (tertiary/aromatic N) is 2. The van der Waals surface area contributed by atoms with Gasteiger partial charge in [-0.25, -0.2) is 4.79 Å². The van der Waals surface area contributed by atoms with Crippen LogP contribution in [0.15, 0.2) is 0 Å². The first-order chi connectivity index (χ1) is 8.40. The second-order valence-electron chi connectivity index (χ2n) is 5.67. The maximum Gasteiger partial charge on any atom is 0.325 e. The fourth-order valence-corrected chi connectivity index (χ4v) is 2.48. The SMILES string of the molecule is CC1CN(CCN2C(=O)NC(C)(C)C2=O)CCN1.Cl. The first-order valence-corrected chi connectivity index (χ1v) is 6.50. The number of urea groups is 1. The summed E-state index contributed by atoms with van der Waals surface area (Å²) in [6, 6.07) is 0.200. The van der Waals surface area contributed by atoms with E-state index in [1.807, 2.05) is 0 Å². The lowest BCUT2D eigenvalue weighted by Crippen LogP contribution is -2.51. The molecule has 0 aromatic carbocycles. The average molecular weight is 291 g/mol. The molecular formula is C12H23ClN4O2. The second-order valence-corrected chi connectivity index (χ2v) is 5.67. The Bertz CT molecular complexity index is 362. The summed E-state index contributed by atoms with van der Waals surface area (Å²) in [5.41, 5.74) is -0.756. The Balaban J connectivity index is 0.00000180. The summed E-state index contributed by atoms with van der Waals surface area (Å²) < 4.78 is 0. The fraction of sp³-hybridized carbons (Fsp3) is 0.833. The van der Waals surface area contributed by atoms with E-state index in [1.165, 1.54) is 4.90 Å². The lowest BCUT2D eigenvalue weighted by molar-refractivity contribution is -0.130. The van der Waals surface area contributed by atoms with E-state index in [0.717, 1.165) is 26.2 Å². The molecule has 2 fully saturated rings. The second kappa shape index (κ2) is 6.07. The molecule has 110 valence electrons. The zero-order valence-corrected chi connectivity index (χ0v) is 12.5. The molecule has 0 saturated carbocycles. The van der Waals surface area contributed by atoms with Gasteiger partial charge in [0.05, 0.1) is 0 Å². The van der Waals surface area contributed by atoms with Crippen LogP contribution in [0.5, 0.6) is 0 Å². The molecule has 2 aliphatic rings. The van der Waals surface area contributed by atoms with Gasteiger partial charge in [0, 0.05) is 38.8 Å². The molecule has 2 heterocycles. The highest BCUT2D eigenvalue weighted by Crippen LogP contribution is 2.16.